The molecule has 0 aromatic carbocycles. The summed E-state index contributed by atoms with van der Waals surface area (Å²) in [6, 6.07) is 6.28. The predicted molar refractivity (Wildman–Crippen MR) is 86.6 cm³/mol. The molecule has 1 aromatic rings. The van der Waals surface area contributed by atoms with Gasteiger partial charge in [0, 0.05) is 50.6 Å². The lowest BCUT2D eigenvalue weighted by molar-refractivity contribution is 0.0711. The van der Waals surface area contributed by atoms with Crippen LogP contribution in [-0.2, 0) is 11.2 Å². The van der Waals surface area contributed by atoms with E-state index in [0.29, 0.717) is 6.10 Å². The van der Waals surface area contributed by atoms with Crippen LogP contribution in [-0.4, -0.2) is 67.8 Å². The molecule has 21 heavy (non-hydrogen) atoms. The maximum atomic E-state index is 5.79. The van der Waals surface area contributed by atoms with E-state index in [9.17, 15) is 0 Å². The Labute approximate surface area is 129 Å². The van der Waals surface area contributed by atoms with E-state index in [0.717, 1.165) is 44.9 Å². The molecule has 0 spiro atoms. The monoisotopic (exact) mass is 291 g/mol. The fraction of sp³-hybridized carbons (Fsp3) is 0.706. The number of aryl methyl sites for hydroxylation is 1. The van der Waals surface area contributed by atoms with E-state index in [4.69, 9.17) is 4.74 Å². The van der Waals surface area contributed by atoms with Crippen LogP contribution in [0.3, 0.4) is 0 Å². The first-order valence-corrected chi connectivity index (χ1v) is 8.04. The third-order valence-corrected chi connectivity index (χ3v) is 3.98. The van der Waals surface area contributed by atoms with Gasteiger partial charge in [-0.05, 0) is 46.0 Å². The van der Waals surface area contributed by atoms with Gasteiger partial charge < -0.3 is 9.64 Å². The summed E-state index contributed by atoms with van der Waals surface area (Å²) in [7, 11) is 4.26. The topological polar surface area (TPSA) is 28.6 Å². The lowest BCUT2D eigenvalue weighted by atomic mass is 10.2. The van der Waals surface area contributed by atoms with Gasteiger partial charge in [0.1, 0.15) is 0 Å². The molecular formula is C17H29N3O. The molecule has 0 radical (unpaired) electrons. The number of aromatic nitrogens is 1. The zero-order valence-electron chi connectivity index (χ0n) is 13.7. The predicted octanol–water partition coefficient (Wildman–Crippen LogP) is 1.98. The van der Waals surface area contributed by atoms with Crippen LogP contribution >= 0.6 is 0 Å². The highest BCUT2D eigenvalue weighted by Crippen LogP contribution is 2.13. The van der Waals surface area contributed by atoms with Crippen molar-refractivity contribution in [2.75, 3.05) is 46.9 Å². The normalized spacial score (nSPS) is 18.8. The molecule has 1 fully saturated rings. The number of rotatable bonds is 8. The lowest BCUT2D eigenvalue weighted by Crippen LogP contribution is -2.38. The van der Waals surface area contributed by atoms with E-state index < -0.39 is 0 Å². The summed E-state index contributed by atoms with van der Waals surface area (Å²) in [5, 5.41) is 0. The molecule has 0 bridgehead atoms. The SMILES string of the molecule is Cc1cccc(CCN(CCN(C)C)CC2CCCO2)n1. The van der Waals surface area contributed by atoms with Crippen molar-refractivity contribution in [3.8, 4) is 0 Å². The lowest BCUT2D eigenvalue weighted by Gasteiger charge is -2.26. The molecule has 1 aliphatic heterocycles. The van der Waals surface area contributed by atoms with E-state index in [-0.39, 0.29) is 0 Å². The maximum absolute atomic E-state index is 5.79. The van der Waals surface area contributed by atoms with Crippen molar-refractivity contribution in [1.82, 2.24) is 14.8 Å². The summed E-state index contributed by atoms with van der Waals surface area (Å²) < 4.78 is 5.79. The fourth-order valence-corrected chi connectivity index (χ4v) is 2.72. The molecule has 118 valence electrons. The Balaban J connectivity index is 1.84. The van der Waals surface area contributed by atoms with Crippen LogP contribution in [0.5, 0.6) is 0 Å². The van der Waals surface area contributed by atoms with Crippen molar-refractivity contribution in [3.63, 3.8) is 0 Å². The summed E-state index contributed by atoms with van der Waals surface area (Å²) in [4.78, 5) is 9.38. The van der Waals surface area contributed by atoms with Crippen molar-refractivity contribution >= 4 is 0 Å². The Hall–Kier alpha value is -0.970. The molecule has 0 N–H and O–H groups in total. The molecule has 2 rings (SSSR count). The molecule has 0 amide bonds. The highest BCUT2D eigenvalue weighted by atomic mass is 16.5. The van der Waals surface area contributed by atoms with Crippen LogP contribution in [0, 0.1) is 6.92 Å². The number of likely N-dealkylation sites (N-methyl/N-ethyl adjacent to an activating group) is 1. The molecule has 2 heterocycles. The van der Waals surface area contributed by atoms with Crippen molar-refractivity contribution < 1.29 is 4.74 Å². The second kappa shape index (κ2) is 8.47. The Bertz CT molecular complexity index is 416. The molecule has 4 nitrogen and oxygen atoms in total. The highest BCUT2D eigenvalue weighted by molar-refractivity contribution is 5.10. The third-order valence-electron chi connectivity index (χ3n) is 3.98. The van der Waals surface area contributed by atoms with E-state index >= 15 is 0 Å². The average molecular weight is 291 g/mol. The van der Waals surface area contributed by atoms with E-state index in [1.165, 1.54) is 18.5 Å². The Kier molecular flexibility index (Phi) is 6.61. The second-order valence-electron chi connectivity index (χ2n) is 6.26. The summed E-state index contributed by atoms with van der Waals surface area (Å²) in [5.41, 5.74) is 2.30. The van der Waals surface area contributed by atoms with Crippen LogP contribution in [0.15, 0.2) is 18.2 Å². The minimum atomic E-state index is 0.428. The molecule has 0 aliphatic carbocycles. The summed E-state index contributed by atoms with van der Waals surface area (Å²) >= 11 is 0. The molecule has 1 aromatic heterocycles. The molecule has 1 saturated heterocycles. The van der Waals surface area contributed by atoms with Crippen LogP contribution in [0.1, 0.15) is 24.2 Å². The van der Waals surface area contributed by atoms with Gasteiger partial charge in [-0.3, -0.25) is 9.88 Å². The van der Waals surface area contributed by atoms with Gasteiger partial charge in [0.15, 0.2) is 0 Å². The van der Waals surface area contributed by atoms with Crippen LogP contribution in [0.4, 0.5) is 0 Å². The first kappa shape index (κ1) is 16.4. The summed E-state index contributed by atoms with van der Waals surface area (Å²) in [6.45, 7) is 7.29. The number of hydrogen-bond acceptors (Lipinski definition) is 4. The second-order valence-corrected chi connectivity index (χ2v) is 6.26. The minimum Gasteiger partial charge on any atom is -0.377 e. The molecule has 1 unspecified atom stereocenters. The van der Waals surface area contributed by atoms with Crippen LogP contribution in [0.2, 0.25) is 0 Å². The van der Waals surface area contributed by atoms with Gasteiger partial charge in [0.25, 0.3) is 0 Å². The maximum Gasteiger partial charge on any atom is 0.0702 e. The summed E-state index contributed by atoms with van der Waals surface area (Å²) in [5.74, 6) is 0. The molecule has 4 heteroatoms. The standard InChI is InChI=1S/C17H29N3O/c1-15-6-4-7-16(18-15)9-10-20(12-11-19(2)3)14-17-8-5-13-21-17/h4,6-7,17H,5,8-14H2,1-3H3. The molecule has 1 atom stereocenters. The van der Waals surface area contributed by atoms with Gasteiger partial charge in [0.05, 0.1) is 6.10 Å². The quantitative estimate of drug-likeness (QED) is 0.732. The zero-order chi connectivity index (χ0) is 15.1. The van der Waals surface area contributed by atoms with Gasteiger partial charge in [-0.25, -0.2) is 0 Å². The van der Waals surface area contributed by atoms with E-state index in [1.807, 2.05) is 0 Å². The minimum absolute atomic E-state index is 0.428. The smallest absolute Gasteiger partial charge is 0.0702 e. The van der Waals surface area contributed by atoms with Gasteiger partial charge in [0.2, 0.25) is 0 Å². The van der Waals surface area contributed by atoms with E-state index in [2.05, 4.69) is 54.0 Å². The highest BCUT2D eigenvalue weighted by Gasteiger charge is 2.19. The van der Waals surface area contributed by atoms with Gasteiger partial charge in [-0.15, -0.1) is 0 Å². The largest absolute Gasteiger partial charge is 0.377 e. The number of ether oxygens (including phenoxy) is 1. The zero-order valence-corrected chi connectivity index (χ0v) is 13.7. The van der Waals surface area contributed by atoms with Crippen molar-refractivity contribution in [2.45, 2.75) is 32.3 Å². The molecule has 0 saturated carbocycles. The Morgan fingerprint density at radius 2 is 2.10 bits per heavy atom. The van der Waals surface area contributed by atoms with Crippen LogP contribution < -0.4 is 0 Å². The van der Waals surface area contributed by atoms with Crippen molar-refractivity contribution in [2.24, 2.45) is 0 Å². The van der Waals surface area contributed by atoms with Gasteiger partial charge in [-0.2, -0.15) is 0 Å². The number of hydrogen-bond donors (Lipinski definition) is 0. The number of nitrogens with zero attached hydrogens (tertiary/aromatic N) is 3. The van der Waals surface area contributed by atoms with Gasteiger partial charge >= 0.3 is 0 Å². The first-order chi connectivity index (χ1) is 10.1. The third kappa shape index (κ3) is 6.12. The van der Waals surface area contributed by atoms with Crippen molar-refractivity contribution in [1.29, 1.82) is 0 Å². The Morgan fingerprint density at radius 1 is 1.24 bits per heavy atom. The summed E-state index contributed by atoms with van der Waals surface area (Å²) in [6.07, 6.45) is 3.87. The van der Waals surface area contributed by atoms with Crippen LogP contribution in [0.25, 0.3) is 0 Å². The average Bonchev–Trinajstić information content (AvgIpc) is 2.94. The fourth-order valence-electron chi connectivity index (χ4n) is 2.72. The first-order valence-electron chi connectivity index (χ1n) is 8.04. The van der Waals surface area contributed by atoms with Crippen molar-refractivity contribution in [3.05, 3.63) is 29.6 Å². The molecular weight excluding hydrogens is 262 g/mol. The van der Waals surface area contributed by atoms with E-state index in [1.54, 1.807) is 0 Å². The number of pyridine rings is 1. The molecule has 1 aliphatic rings. The Morgan fingerprint density at radius 3 is 2.76 bits per heavy atom. The van der Waals surface area contributed by atoms with Gasteiger partial charge in [-0.1, -0.05) is 6.07 Å².